The normalized spacial score (nSPS) is 11.7. The van der Waals surface area contributed by atoms with Gasteiger partial charge in [-0.1, -0.05) is 35.0 Å². The monoisotopic (exact) mass is 250 g/mol. The van der Waals surface area contributed by atoms with E-state index in [0.29, 0.717) is 5.92 Å². The first kappa shape index (κ1) is 11.3. The summed E-state index contributed by atoms with van der Waals surface area (Å²) in [7, 11) is 0. The van der Waals surface area contributed by atoms with Crippen LogP contribution in [-0.2, 0) is 6.42 Å². The van der Waals surface area contributed by atoms with Crippen molar-refractivity contribution < 1.29 is 0 Å². The maximum absolute atomic E-state index is 3.58. The summed E-state index contributed by atoms with van der Waals surface area (Å²) in [5.41, 5.74) is 2.63. The van der Waals surface area contributed by atoms with Crippen molar-refractivity contribution in [3.05, 3.63) is 33.8 Å². The molecule has 74 valence electrons. The van der Waals surface area contributed by atoms with Gasteiger partial charge in [-0.05, 0) is 37.5 Å². The zero-order valence-electron chi connectivity index (χ0n) is 8.89. The van der Waals surface area contributed by atoms with Gasteiger partial charge in [-0.15, -0.1) is 11.8 Å². The van der Waals surface area contributed by atoms with Crippen LogP contribution in [0.15, 0.2) is 22.7 Å². The minimum absolute atomic E-state index is 0.430. The molecule has 0 aliphatic rings. The third kappa shape index (κ3) is 3.20. The van der Waals surface area contributed by atoms with Crippen molar-refractivity contribution in [2.75, 3.05) is 0 Å². The Kier molecular flexibility index (Phi) is 4.22. The van der Waals surface area contributed by atoms with E-state index in [1.807, 2.05) is 6.92 Å². The summed E-state index contributed by atoms with van der Waals surface area (Å²) in [6.07, 6.45) is 1.02. The van der Waals surface area contributed by atoms with Gasteiger partial charge in [-0.3, -0.25) is 0 Å². The predicted octanol–water partition coefficient (Wildman–Crippen LogP) is 3.96. The van der Waals surface area contributed by atoms with Gasteiger partial charge in [0.15, 0.2) is 0 Å². The standard InChI is InChI=1S/C13H15Br/c1-4-5-10(2)8-12-7-6-11(3)9-13(12)14/h6-7,9-10H,8H2,1-3H3. The highest BCUT2D eigenvalue weighted by Crippen LogP contribution is 2.21. The molecule has 0 bridgehead atoms. The lowest BCUT2D eigenvalue weighted by atomic mass is 10.0. The van der Waals surface area contributed by atoms with Gasteiger partial charge in [0.25, 0.3) is 0 Å². The van der Waals surface area contributed by atoms with Crippen molar-refractivity contribution in [2.24, 2.45) is 5.92 Å². The van der Waals surface area contributed by atoms with E-state index in [9.17, 15) is 0 Å². The molecule has 0 aliphatic carbocycles. The van der Waals surface area contributed by atoms with Crippen molar-refractivity contribution in [1.82, 2.24) is 0 Å². The first-order chi connectivity index (χ1) is 6.63. The van der Waals surface area contributed by atoms with Gasteiger partial charge in [0, 0.05) is 10.4 Å². The molecule has 14 heavy (non-hydrogen) atoms. The highest BCUT2D eigenvalue weighted by molar-refractivity contribution is 9.10. The van der Waals surface area contributed by atoms with E-state index in [1.165, 1.54) is 15.6 Å². The quantitative estimate of drug-likeness (QED) is 0.698. The largest absolute Gasteiger partial charge is 0.106 e. The van der Waals surface area contributed by atoms with Crippen molar-refractivity contribution in [3.63, 3.8) is 0 Å². The summed E-state index contributed by atoms with van der Waals surface area (Å²) < 4.78 is 1.20. The predicted molar refractivity (Wildman–Crippen MR) is 65.2 cm³/mol. The molecule has 0 aromatic heterocycles. The maximum atomic E-state index is 3.58. The summed E-state index contributed by atoms with van der Waals surface area (Å²) >= 11 is 3.58. The lowest BCUT2D eigenvalue weighted by Crippen LogP contribution is -1.97. The van der Waals surface area contributed by atoms with Crippen LogP contribution < -0.4 is 0 Å². The summed E-state index contributed by atoms with van der Waals surface area (Å²) in [4.78, 5) is 0. The number of hydrogen-bond donors (Lipinski definition) is 0. The molecule has 0 N–H and O–H groups in total. The zero-order chi connectivity index (χ0) is 10.6. The highest BCUT2D eigenvalue weighted by atomic mass is 79.9. The number of benzene rings is 1. The molecular formula is C13H15Br. The van der Waals surface area contributed by atoms with Gasteiger partial charge >= 0.3 is 0 Å². The minimum Gasteiger partial charge on any atom is -0.106 e. The highest BCUT2D eigenvalue weighted by Gasteiger charge is 2.03. The van der Waals surface area contributed by atoms with Crippen LogP contribution in [0, 0.1) is 24.7 Å². The number of halogens is 1. The molecule has 1 aromatic carbocycles. The van der Waals surface area contributed by atoms with Gasteiger partial charge in [-0.2, -0.15) is 0 Å². The van der Waals surface area contributed by atoms with E-state index in [0.717, 1.165) is 6.42 Å². The molecule has 0 fully saturated rings. The van der Waals surface area contributed by atoms with Crippen LogP contribution in [0.4, 0.5) is 0 Å². The molecule has 1 aromatic rings. The van der Waals surface area contributed by atoms with Gasteiger partial charge in [0.1, 0.15) is 0 Å². The van der Waals surface area contributed by atoms with Crippen molar-refractivity contribution in [2.45, 2.75) is 27.2 Å². The number of rotatable bonds is 2. The van der Waals surface area contributed by atoms with Crippen LogP contribution in [-0.4, -0.2) is 0 Å². The zero-order valence-corrected chi connectivity index (χ0v) is 10.5. The van der Waals surface area contributed by atoms with Crippen LogP contribution in [0.25, 0.3) is 0 Å². The summed E-state index contributed by atoms with van der Waals surface area (Å²) in [5.74, 6) is 6.55. The Morgan fingerprint density at radius 2 is 2.14 bits per heavy atom. The topological polar surface area (TPSA) is 0 Å². The molecule has 0 radical (unpaired) electrons. The third-order valence-electron chi connectivity index (χ3n) is 2.13. The fourth-order valence-electron chi connectivity index (χ4n) is 1.45. The fraction of sp³-hybridized carbons (Fsp3) is 0.385. The SMILES string of the molecule is CC#CC(C)Cc1ccc(C)cc1Br. The van der Waals surface area contributed by atoms with E-state index in [4.69, 9.17) is 0 Å². The average molecular weight is 251 g/mol. The van der Waals surface area contributed by atoms with Gasteiger partial charge in [0.05, 0.1) is 0 Å². The molecule has 0 heterocycles. The fourth-order valence-corrected chi connectivity index (χ4v) is 2.10. The van der Waals surface area contributed by atoms with Crippen molar-refractivity contribution >= 4 is 15.9 Å². The van der Waals surface area contributed by atoms with E-state index in [-0.39, 0.29) is 0 Å². The molecule has 1 heteroatoms. The van der Waals surface area contributed by atoms with Gasteiger partial charge < -0.3 is 0 Å². The second kappa shape index (κ2) is 5.22. The van der Waals surface area contributed by atoms with Crippen LogP contribution in [0.1, 0.15) is 25.0 Å². The van der Waals surface area contributed by atoms with E-state index < -0.39 is 0 Å². The summed E-state index contributed by atoms with van der Waals surface area (Å²) in [6.45, 7) is 6.15. The molecule has 0 amide bonds. The van der Waals surface area contributed by atoms with Gasteiger partial charge in [0.2, 0.25) is 0 Å². The van der Waals surface area contributed by atoms with Crippen LogP contribution in [0.2, 0.25) is 0 Å². The second-order valence-corrected chi connectivity index (χ2v) is 4.45. The Labute approximate surface area is 94.9 Å². The Hall–Kier alpha value is -0.740. The van der Waals surface area contributed by atoms with Crippen LogP contribution in [0.5, 0.6) is 0 Å². The van der Waals surface area contributed by atoms with Crippen LogP contribution in [0.3, 0.4) is 0 Å². The lowest BCUT2D eigenvalue weighted by molar-refractivity contribution is 0.747. The van der Waals surface area contributed by atoms with Crippen molar-refractivity contribution in [1.29, 1.82) is 0 Å². The van der Waals surface area contributed by atoms with E-state index >= 15 is 0 Å². The lowest BCUT2D eigenvalue weighted by Gasteiger charge is -2.07. The minimum atomic E-state index is 0.430. The Morgan fingerprint density at radius 3 is 2.71 bits per heavy atom. The smallest absolute Gasteiger partial charge is 0.0215 e. The summed E-state index contributed by atoms with van der Waals surface area (Å²) in [6, 6.07) is 6.47. The molecule has 1 rings (SSSR count). The average Bonchev–Trinajstić information content (AvgIpc) is 2.10. The molecule has 1 atom stereocenters. The number of hydrogen-bond acceptors (Lipinski definition) is 0. The van der Waals surface area contributed by atoms with E-state index in [1.54, 1.807) is 0 Å². The Balaban J connectivity index is 2.80. The van der Waals surface area contributed by atoms with E-state index in [2.05, 4.69) is 59.8 Å². The molecule has 1 unspecified atom stereocenters. The molecule has 0 aliphatic heterocycles. The second-order valence-electron chi connectivity index (χ2n) is 3.59. The molecule has 0 nitrogen and oxygen atoms in total. The van der Waals surface area contributed by atoms with Crippen molar-refractivity contribution in [3.8, 4) is 11.8 Å². The molecule has 0 saturated heterocycles. The Morgan fingerprint density at radius 1 is 1.43 bits per heavy atom. The first-order valence-electron chi connectivity index (χ1n) is 4.80. The van der Waals surface area contributed by atoms with Gasteiger partial charge in [-0.25, -0.2) is 0 Å². The molecule has 0 saturated carbocycles. The molecule has 0 spiro atoms. The third-order valence-corrected chi connectivity index (χ3v) is 2.86. The first-order valence-corrected chi connectivity index (χ1v) is 5.60. The molecular weight excluding hydrogens is 236 g/mol. The maximum Gasteiger partial charge on any atom is 0.0215 e. The Bertz CT molecular complexity index is 369. The van der Waals surface area contributed by atoms with Crippen LogP contribution >= 0.6 is 15.9 Å². The number of aryl methyl sites for hydroxylation is 1. The summed E-state index contributed by atoms with van der Waals surface area (Å²) in [5, 5.41) is 0.